The summed E-state index contributed by atoms with van der Waals surface area (Å²) in [7, 11) is 2.85. The van der Waals surface area contributed by atoms with E-state index < -0.39 is 6.10 Å². The molecular weight excluding hydrogens is 300 g/mol. The molecule has 1 aliphatic heterocycles. The van der Waals surface area contributed by atoms with E-state index in [2.05, 4.69) is 0 Å². The van der Waals surface area contributed by atoms with Crippen molar-refractivity contribution in [2.75, 3.05) is 14.2 Å². The van der Waals surface area contributed by atoms with Gasteiger partial charge in [-0.1, -0.05) is 6.07 Å². The molecule has 0 amide bonds. The fourth-order valence-corrected chi connectivity index (χ4v) is 2.64. The van der Waals surface area contributed by atoms with Crippen molar-refractivity contribution < 1.29 is 29.2 Å². The average molecular weight is 316 g/mol. The van der Waals surface area contributed by atoms with Crippen LogP contribution in [0.1, 0.15) is 28.4 Å². The number of hydrogen-bond acceptors (Lipinski definition) is 6. The number of carbonyl (C=O) groups is 1. The first kappa shape index (κ1) is 15.0. The van der Waals surface area contributed by atoms with Gasteiger partial charge in [-0.15, -0.1) is 0 Å². The second-order valence-corrected chi connectivity index (χ2v) is 5.16. The van der Waals surface area contributed by atoms with Crippen LogP contribution in [0, 0.1) is 0 Å². The minimum absolute atomic E-state index is 0.0327. The molecular formula is C17H16O6. The number of fused-ring (bicyclic) bond motifs is 1. The maximum atomic E-state index is 12.4. The van der Waals surface area contributed by atoms with Crippen molar-refractivity contribution in [2.45, 2.75) is 12.5 Å². The number of methoxy groups -OCH3 is 2. The van der Waals surface area contributed by atoms with E-state index in [4.69, 9.17) is 14.2 Å². The highest BCUT2D eigenvalue weighted by molar-refractivity contribution is 6.01. The number of rotatable bonds is 3. The van der Waals surface area contributed by atoms with Crippen molar-refractivity contribution in [1.29, 1.82) is 0 Å². The first-order valence-electron chi connectivity index (χ1n) is 7.02. The van der Waals surface area contributed by atoms with Crippen LogP contribution in [-0.2, 0) is 0 Å². The molecule has 6 heteroatoms. The molecule has 1 heterocycles. The minimum Gasteiger partial charge on any atom is -0.504 e. The molecule has 2 aromatic carbocycles. The monoisotopic (exact) mass is 316 g/mol. The number of phenolic OH excluding ortho intramolecular Hbond substituents is 2. The first-order chi connectivity index (χ1) is 11.0. The highest BCUT2D eigenvalue weighted by Gasteiger charge is 2.31. The zero-order valence-corrected chi connectivity index (χ0v) is 12.7. The molecule has 0 spiro atoms. The highest BCUT2D eigenvalue weighted by Crippen LogP contribution is 2.46. The number of ketones is 1. The van der Waals surface area contributed by atoms with Crippen LogP contribution in [0.2, 0.25) is 0 Å². The Hall–Kier alpha value is -2.89. The van der Waals surface area contributed by atoms with E-state index in [1.807, 2.05) is 0 Å². The fraction of sp³-hybridized carbons (Fsp3) is 0.235. The summed E-state index contributed by atoms with van der Waals surface area (Å²) in [5.41, 5.74) is 1.00. The van der Waals surface area contributed by atoms with E-state index in [0.29, 0.717) is 16.9 Å². The predicted molar refractivity (Wildman–Crippen MR) is 81.6 cm³/mol. The van der Waals surface area contributed by atoms with Gasteiger partial charge in [0, 0.05) is 0 Å². The van der Waals surface area contributed by atoms with Gasteiger partial charge in [-0.2, -0.15) is 0 Å². The number of aromatic hydroxyl groups is 2. The second kappa shape index (κ2) is 5.72. The molecule has 0 fully saturated rings. The summed E-state index contributed by atoms with van der Waals surface area (Å²) in [4.78, 5) is 12.4. The number of benzene rings is 2. The molecule has 0 bridgehead atoms. The summed E-state index contributed by atoms with van der Waals surface area (Å²) >= 11 is 0. The maximum Gasteiger partial charge on any atom is 0.203 e. The maximum absolute atomic E-state index is 12.4. The Bertz CT molecular complexity index is 768. The molecule has 0 radical (unpaired) electrons. The van der Waals surface area contributed by atoms with Crippen LogP contribution in [0.15, 0.2) is 30.3 Å². The first-order valence-corrected chi connectivity index (χ1v) is 7.02. The summed E-state index contributed by atoms with van der Waals surface area (Å²) < 4.78 is 16.0. The van der Waals surface area contributed by atoms with Crippen LogP contribution in [0.25, 0.3) is 0 Å². The van der Waals surface area contributed by atoms with Crippen LogP contribution >= 0.6 is 0 Å². The number of Topliss-reactive ketones (excluding diaryl/α,β-unsaturated/α-hetero) is 1. The van der Waals surface area contributed by atoms with Gasteiger partial charge in [0.15, 0.2) is 28.8 Å². The number of phenols is 2. The van der Waals surface area contributed by atoms with E-state index in [-0.39, 0.29) is 35.2 Å². The Morgan fingerprint density at radius 1 is 1.09 bits per heavy atom. The molecule has 0 aliphatic carbocycles. The SMILES string of the molecule is COc1ccc(C2CC(=O)c3ccc(O)c(OC)c3O2)cc1O. The third kappa shape index (κ3) is 2.52. The number of carbonyl (C=O) groups excluding carboxylic acids is 1. The van der Waals surface area contributed by atoms with Gasteiger partial charge in [0.05, 0.1) is 26.2 Å². The summed E-state index contributed by atoms with van der Waals surface area (Å²) in [5, 5.41) is 19.7. The van der Waals surface area contributed by atoms with E-state index >= 15 is 0 Å². The van der Waals surface area contributed by atoms with E-state index in [9.17, 15) is 15.0 Å². The molecule has 120 valence electrons. The molecule has 0 saturated carbocycles. The topological polar surface area (TPSA) is 85.2 Å². The summed E-state index contributed by atoms with van der Waals surface area (Å²) in [5.74, 6) is 0.422. The van der Waals surface area contributed by atoms with Crippen molar-refractivity contribution in [3.8, 4) is 28.7 Å². The molecule has 0 saturated heterocycles. The molecule has 1 aliphatic rings. The third-order valence-electron chi connectivity index (χ3n) is 3.80. The van der Waals surface area contributed by atoms with E-state index in [1.54, 1.807) is 12.1 Å². The Kier molecular flexibility index (Phi) is 3.73. The normalized spacial score (nSPS) is 16.4. The zero-order chi connectivity index (χ0) is 16.6. The number of ether oxygens (including phenoxy) is 3. The molecule has 3 rings (SSSR count). The van der Waals surface area contributed by atoms with Gasteiger partial charge in [-0.25, -0.2) is 0 Å². The molecule has 23 heavy (non-hydrogen) atoms. The van der Waals surface area contributed by atoms with Crippen LogP contribution < -0.4 is 14.2 Å². The van der Waals surface area contributed by atoms with Gasteiger partial charge >= 0.3 is 0 Å². The van der Waals surface area contributed by atoms with Crippen LogP contribution in [-0.4, -0.2) is 30.2 Å². The summed E-state index contributed by atoms with van der Waals surface area (Å²) in [6.07, 6.45) is -0.449. The average Bonchev–Trinajstić information content (AvgIpc) is 2.54. The molecule has 1 atom stereocenters. The molecule has 2 aromatic rings. The Morgan fingerprint density at radius 3 is 2.52 bits per heavy atom. The van der Waals surface area contributed by atoms with Gasteiger partial charge in [0.2, 0.25) is 5.75 Å². The largest absolute Gasteiger partial charge is 0.504 e. The third-order valence-corrected chi connectivity index (χ3v) is 3.80. The lowest BCUT2D eigenvalue weighted by molar-refractivity contribution is 0.0841. The lowest BCUT2D eigenvalue weighted by atomic mass is 9.95. The van der Waals surface area contributed by atoms with Crippen LogP contribution in [0.3, 0.4) is 0 Å². The lowest BCUT2D eigenvalue weighted by Gasteiger charge is -2.27. The molecule has 1 unspecified atom stereocenters. The van der Waals surface area contributed by atoms with E-state index in [0.717, 1.165) is 0 Å². The molecule has 2 N–H and O–H groups in total. The van der Waals surface area contributed by atoms with Gasteiger partial charge in [0.25, 0.3) is 0 Å². The second-order valence-electron chi connectivity index (χ2n) is 5.16. The highest BCUT2D eigenvalue weighted by atomic mass is 16.5. The van der Waals surface area contributed by atoms with Gasteiger partial charge < -0.3 is 24.4 Å². The van der Waals surface area contributed by atoms with Crippen molar-refractivity contribution in [3.63, 3.8) is 0 Å². The van der Waals surface area contributed by atoms with Gasteiger partial charge in [0.1, 0.15) is 6.10 Å². The van der Waals surface area contributed by atoms with Crippen LogP contribution in [0.5, 0.6) is 28.7 Å². The lowest BCUT2D eigenvalue weighted by Crippen LogP contribution is -2.20. The zero-order valence-electron chi connectivity index (χ0n) is 12.7. The predicted octanol–water partition coefficient (Wildman–Crippen LogP) is 2.82. The Morgan fingerprint density at radius 2 is 1.87 bits per heavy atom. The summed E-state index contributed by atoms with van der Waals surface area (Å²) in [6.45, 7) is 0. The van der Waals surface area contributed by atoms with Gasteiger partial charge in [-0.3, -0.25) is 4.79 Å². The quantitative estimate of drug-likeness (QED) is 0.905. The Balaban J connectivity index is 2.01. The molecule has 6 nitrogen and oxygen atoms in total. The Labute approximate surface area is 132 Å². The van der Waals surface area contributed by atoms with Gasteiger partial charge in [-0.05, 0) is 29.8 Å². The standard InChI is InChI=1S/C17H16O6/c1-21-14-6-3-9(7-13(14)20)15-8-12(19)10-4-5-11(18)17(22-2)16(10)23-15/h3-7,15,18,20H,8H2,1-2H3. The van der Waals surface area contributed by atoms with Crippen molar-refractivity contribution in [1.82, 2.24) is 0 Å². The van der Waals surface area contributed by atoms with Crippen molar-refractivity contribution >= 4 is 5.78 Å². The summed E-state index contributed by atoms with van der Waals surface area (Å²) in [6, 6.07) is 7.73. The van der Waals surface area contributed by atoms with Crippen molar-refractivity contribution in [2.24, 2.45) is 0 Å². The van der Waals surface area contributed by atoms with E-state index in [1.165, 1.54) is 32.4 Å². The fourth-order valence-electron chi connectivity index (χ4n) is 2.64. The minimum atomic E-state index is -0.581. The number of hydrogen-bond donors (Lipinski definition) is 2. The molecule has 0 aromatic heterocycles. The smallest absolute Gasteiger partial charge is 0.203 e. The van der Waals surface area contributed by atoms with Crippen LogP contribution in [0.4, 0.5) is 0 Å². The van der Waals surface area contributed by atoms with Crippen molar-refractivity contribution in [3.05, 3.63) is 41.5 Å².